The summed E-state index contributed by atoms with van der Waals surface area (Å²) in [5, 5.41) is 2.87. The van der Waals surface area contributed by atoms with E-state index in [1.165, 1.54) is 12.5 Å². The summed E-state index contributed by atoms with van der Waals surface area (Å²) < 4.78 is 0. The van der Waals surface area contributed by atoms with Crippen LogP contribution in [0.5, 0.6) is 0 Å². The van der Waals surface area contributed by atoms with Crippen LogP contribution in [0.1, 0.15) is 36.7 Å². The Morgan fingerprint density at radius 3 is 2.33 bits per heavy atom. The fourth-order valence-corrected chi connectivity index (χ4v) is 2.48. The SMILES string of the molecule is CC(=O)c1cccc(NC(=O)CN(c2ccc(C)cc2)C(C)C)c1. The minimum Gasteiger partial charge on any atom is -0.360 e. The number of rotatable bonds is 6. The first-order chi connectivity index (χ1) is 11.4. The summed E-state index contributed by atoms with van der Waals surface area (Å²) in [5.41, 5.74) is 3.43. The lowest BCUT2D eigenvalue weighted by molar-refractivity contribution is -0.115. The number of hydrogen-bond acceptors (Lipinski definition) is 3. The van der Waals surface area contributed by atoms with E-state index in [1.807, 2.05) is 36.1 Å². The number of nitrogens with zero attached hydrogens (tertiary/aromatic N) is 1. The van der Waals surface area contributed by atoms with Crippen molar-refractivity contribution in [2.24, 2.45) is 0 Å². The van der Waals surface area contributed by atoms with Crippen LogP contribution in [0.15, 0.2) is 48.5 Å². The fraction of sp³-hybridized carbons (Fsp3) is 0.300. The standard InChI is InChI=1S/C20H24N2O2/c1-14(2)22(19-10-8-15(3)9-11-19)13-20(24)21-18-7-5-6-17(12-18)16(4)23/h5-12,14H,13H2,1-4H3,(H,21,24). The predicted octanol–water partition coefficient (Wildman–Crippen LogP) is 4.05. The number of hydrogen-bond donors (Lipinski definition) is 1. The van der Waals surface area contributed by atoms with Crippen molar-refractivity contribution in [2.75, 3.05) is 16.8 Å². The molecule has 4 heteroatoms. The van der Waals surface area contributed by atoms with Gasteiger partial charge in [0.15, 0.2) is 5.78 Å². The molecule has 1 N–H and O–H groups in total. The molecule has 0 saturated carbocycles. The van der Waals surface area contributed by atoms with E-state index >= 15 is 0 Å². The lowest BCUT2D eigenvalue weighted by atomic mass is 10.1. The summed E-state index contributed by atoms with van der Waals surface area (Å²) in [6.07, 6.45) is 0. The molecule has 0 aliphatic heterocycles. The van der Waals surface area contributed by atoms with Gasteiger partial charge in [0.1, 0.15) is 0 Å². The molecule has 24 heavy (non-hydrogen) atoms. The zero-order valence-electron chi connectivity index (χ0n) is 14.7. The number of aryl methyl sites for hydroxylation is 1. The summed E-state index contributed by atoms with van der Waals surface area (Å²) in [7, 11) is 0. The predicted molar refractivity (Wildman–Crippen MR) is 98.7 cm³/mol. The van der Waals surface area contributed by atoms with Gasteiger partial charge >= 0.3 is 0 Å². The molecule has 0 aliphatic carbocycles. The Morgan fingerprint density at radius 2 is 1.75 bits per heavy atom. The average molecular weight is 324 g/mol. The van der Waals surface area contributed by atoms with Gasteiger partial charge in [0.05, 0.1) is 6.54 Å². The summed E-state index contributed by atoms with van der Waals surface area (Å²) in [6.45, 7) is 7.93. The monoisotopic (exact) mass is 324 g/mol. The molecule has 2 aromatic rings. The van der Waals surface area contributed by atoms with Crippen LogP contribution in [0.25, 0.3) is 0 Å². The van der Waals surface area contributed by atoms with Crippen molar-refractivity contribution >= 4 is 23.1 Å². The van der Waals surface area contributed by atoms with Crippen LogP contribution in [-0.4, -0.2) is 24.3 Å². The molecule has 0 radical (unpaired) electrons. The van der Waals surface area contributed by atoms with Gasteiger partial charge < -0.3 is 10.2 Å². The number of anilines is 2. The molecule has 0 heterocycles. The molecule has 0 spiro atoms. The second-order valence-electron chi connectivity index (χ2n) is 6.24. The minimum absolute atomic E-state index is 0.0189. The van der Waals surface area contributed by atoms with Crippen LogP contribution in [0, 0.1) is 6.92 Å². The van der Waals surface area contributed by atoms with Gasteiger partial charge in [0, 0.05) is 23.0 Å². The average Bonchev–Trinajstić information content (AvgIpc) is 2.53. The molecule has 0 aliphatic rings. The van der Waals surface area contributed by atoms with Crippen molar-refractivity contribution in [3.05, 3.63) is 59.7 Å². The maximum atomic E-state index is 12.4. The van der Waals surface area contributed by atoms with E-state index in [0.717, 1.165) is 5.69 Å². The molecule has 0 fully saturated rings. The largest absolute Gasteiger partial charge is 0.360 e. The Bertz CT molecular complexity index is 721. The van der Waals surface area contributed by atoms with Gasteiger partial charge in [-0.3, -0.25) is 9.59 Å². The van der Waals surface area contributed by atoms with Crippen molar-refractivity contribution in [3.63, 3.8) is 0 Å². The Kier molecular flexibility index (Phi) is 5.74. The highest BCUT2D eigenvalue weighted by atomic mass is 16.2. The zero-order valence-corrected chi connectivity index (χ0v) is 14.7. The summed E-state index contributed by atoms with van der Waals surface area (Å²) in [5.74, 6) is -0.125. The number of benzene rings is 2. The summed E-state index contributed by atoms with van der Waals surface area (Å²) in [4.78, 5) is 25.9. The maximum absolute atomic E-state index is 12.4. The van der Waals surface area contributed by atoms with Crippen molar-refractivity contribution in [1.82, 2.24) is 0 Å². The summed E-state index contributed by atoms with van der Waals surface area (Å²) in [6, 6.07) is 15.3. The van der Waals surface area contributed by atoms with Crippen molar-refractivity contribution in [2.45, 2.75) is 33.7 Å². The highest BCUT2D eigenvalue weighted by molar-refractivity contribution is 5.98. The van der Waals surface area contributed by atoms with E-state index in [0.29, 0.717) is 11.3 Å². The van der Waals surface area contributed by atoms with Gasteiger partial charge in [-0.15, -0.1) is 0 Å². The highest BCUT2D eigenvalue weighted by Crippen LogP contribution is 2.18. The van der Waals surface area contributed by atoms with E-state index in [4.69, 9.17) is 0 Å². The normalized spacial score (nSPS) is 10.5. The van der Waals surface area contributed by atoms with Crippen LogP contribution in [0.3, 0.4) is 0 Å². The minimum atomic E-state index is -0.107. The van der Waals surface area contributed by atoms with Crippen LogP contribution < -0.4 is 10.2 Å². The molecule has 0 bridgehead atoms. The third-order valence-corrected chi connectivity index (χ3v) is 3.86. The number of carbonyl (C=O) groups excluding carboxylic acids is 2. The fourth-order valence-electron chi connectivity index (χ4n) is 2.48. The third kappa shape index (κ3) is 4.69. The molecule has 0 saturated heterocycles. The quantitative estimate of drug-likeness (QED) is 0.816. The van der Waals surface area contributed by atoms with Gasteiger partial charge in [-0.1, -0.05) is 29.8 Å². The van der Waals surface area contributed by atoms with E-state index in [2.05, 4.69) is 19.2 Å². The Morgan fingerprint density at radius 1 is 1.08 bits per heavy atom. The molecule has 2 aromatic carbocycles. The van der Waals surface area contributed by atoms with Crippen molar-refractivity contribution in [3.8, 4) is 0 Å². The van der Waals surface area contributed by atoms with Crippen molar-refractivity contribution < 1.29 is 9.59 Å². The molecule has 1 amide bonds. The molecule has 126 valence electrons. The first-order valence-electron chi connectivity index (χ1n) is 8.11. The van der Waals surface area contributed by atoms with Crippen LogP contribution in [0.4, 0.5) is 11.4 Å². The van der Waals surface area contributed by atoms with Gasteiger partial charge in [-0.2, -0.15) is 0 Å². The first kappa shape index (κ1) is 17.7. The van der Waals surface area contributed by atoms with E-state index < -0.39 is 0 Å². The number of carbonyl (C=O) groups is 2. The smallest absolute Gasteiger partial charge is 0.243 e. The van der Waals surface area contributed by atoms with Crippen LogP contribution >= 0.6 is 0 Å². The molecular formula is C20H24N2O2. The molecule has 4 nitrogen and oxygen atoms in total. The molecule has 2 rings (SSSR count). The van der Waals surface area contributed by atoms with Gasteiger partial charge in [0.2, 0.25) is 5.91 Å². The van der Waals surface area contributed by atoms with E-state index in [9.17, 15) is 9.59 Å². The zero-order chi connectivity index (χ0) is 17.7. The van der Waals surface area contributed by atoms with Crippen LogP contribution in [0.2, 0.25) is 0 Å². The van der Waals surface area contributed by atoms with E-state index in [-0.39, 0.29) is 24.3 Å². The maximum Gasteiger partial charge on any atom is 0.243 e. The van der Waals surface area contributed by atoms with Crippen LogP contribution in [-0.2, 0) is 4.79 Å². The highest BCUT2D eigenvalue weighted by Gasteiger charge is 2.15. The van der Waals surface area contributed by atoms with Gasteiger partial charge in [-0.25, -0.2) is 0 Å². The lowest BCUT2D eigenvalue weighted by Crippen LogP contribution is -2.38. The summed E-state index contributed by atoms with van der Waals surface area (Å²) >= 11 is 0. The third-order valence-electron chi connectivity index (χ3n) is 3.86. The Labute approximate surface area is 143 Å². The van der Waals surface area contributed by atoms with E-state index in [1.54, 1.807) is 24.3 Å². The molecule has 0 atom stereocenters. The molecular weight excluding hydrogens is 300 g/mol. The second kappa shape index (κ2) is 7.77. The molecule has 0 aromatic heterocycles. The number of amides is 1. The number of nitrogens with one attached hydrogen (secondary N) is 1. The topological polar surface area (TPSA) is 49.4 Å². The number of Topliss-reactive ketones (excluding diaryl/α,β-unsaturated/α-hetero) is 1. The van der Waals surface area contributed by atoms with Crippen molar-refractivity contribution in [1.29, 1.82) is 0 Å². The Balaban J connectivity index is 2.09. The lowest BCUT2D eigenvalue weighted by Gasteiger charge is -2.28. The molecule has 0 unspecified atom stereocenters. The Hall–Kier alpha value is -2.62. The first-order valence-corrected chi connectivity index (χ1v) is 8.11. The number of ketones is 1. The second-order valence-corrected chi connectivity index (χ2v) is 6.24. The van der Waals surface area contributed by atoms with Gasteiger partial charge in [0.25, 0.3) is 0 Å². The van der Waals surface area contributed by atoms with Gasteiger partial charge in [-0.05, 0) is 52.0 Å².